The molecule has 2 fully saturated rings. The standard InChI is InChI=1S/C29H39FN2O5/c1-36-15-3-2-13-29(35,21-6-4-8-25(16-21)37-24-11-9-23(30)10-12-24)22-7-5-14-32(19-22)28(20-33)17-26(31)27(34)18-28/h4,6,8-12,16,20,22,26-27,34-35H,2-3,5,7,13-15,17-19,31H2,1H3/t22-,26-,27+,28+,29-/m1/s1. The zero-order valence-corrected chi connectivity index (χ0v) is 21.5. The van der Waals surface area contributed by atoms with Crippen molar-refractivity contribution in [1.29, 1.82) is 0 Å². The lowest BCUT2D eigenvalue weighted by Gasteiger charge is -2.47. The summed E-state index contributed by atoms with van der Waals surface area (Å²) in [6.45, 7) is 1.87. The first-order valence-electron chi connectivity index (χ1n) is 13.2. The zero-order chi connectivity index (χ0) is 26.5. The molecule has 1 heterocycles. The third-order valence-corrected chi connectivity index (χ3v) is 8.13. The van der Waals surface area contributed by atoms with Gasteiger partial charge in [0.1, 0.15) is 23.6 Å². The summed E-state index contributed by atoms with van der Waals surface area (Å²) in [5, 5.41) is 22.6. The number of halogens is 1. The Balaban J connectivity index is 1.60. The molecule has 0 radical (unpaired) electrons. The van der Waals surface area contributed by atoms with Crippen LogP contribution in [0.25, 0.3) is 0 Å². The average molecular weight is 515 g/mol. The number of hydrogen-bond acceptors (Lipinski definition) is 7. The molecule has 2 aromatic carbocycles. The monoisotopic (exact) mass is 514 g/mol. The number of ether oxygens (including phenoxy) is 2. The molecule has 1 aliphatic heterocycles. The summed E-state index contributed by atoms with van der Waals surface area (Å²) in [5.74, 6) is 0.601. The van der Waals surface area contributed by atoms with Crippen molar-refractivity contribution < 1.29 is 28.9 Å². The number of carbonyl (C=O) groups excluding carboxylic acids is 1. The van der Waals surface area contributed by atoms with Crippen LogP contribution in [0.15, 0.2) is 48.5 Å². The van der Waals surface area contributed by atoms with E-state index in [0.29, 0.717) is 43.9 Å². The third-order valence-electron chi connectivity index (χ3n) is 8.13. The Bertz CT molecular complexity index is 1030. The van der Waals surface area contributed by atoms with E-state index >= 15 is 0 Å². The van der Waals surface area contributed by atoms with E-state index in [1.165, 1.54) is 12.1 Å². The number of aldehydes is 1. The normalized spacial score (nSPS) is 28.1. The number of methoxy groups -OCH3 is 1. The summed E-state index contributed by atoms with van der Waals surface area (Å²) in [6.07, 6.45) is 4.73. The molecule has 4 N–H and O–H groups in total. The Hall–Kier alpha value is -2.36. The Morgan fingerprint density at radius 1 is 1.19 bits per heavy atom. The van der Waals surface area contributed by atoms with E-state index in [-0.39, 0.29) is 11.7 Å². The highest BCUT2D eigenvalue weighted by atomic mass is 19.1. The SMILES string of the molecule is COCCCC[C@@](O)(c1cccc(Oc2ccc(F)cc2)c1)[C@@H]1CCCN([C@@]2(C=O)C[C@@H](N)[C@@H](O)C2)C1. The van der Waals surface area contributed by atoms with Crippen LogP contribution in [0.4, 0.5) is 4.39 Å². The molecule has 5 atom stereocenters. The maximum Gasteiger partial charge on any atom is 0.140 e. The molecule has 7 nitrogen and oxygen atoms in total. The number of aliphatic hydroxyl groups is 2. The summed E-state index contributed by atoms with van der Waals surface area (Å²) in [4.78, 5) is 14.4. The minimum atomic E-state index is -1.15. The van der Waals surface area contributed by atoms with Crippen LogP contribution in [0.1, 0.15) is 50.5 Å². The van der Waals surface area contributed by atoms with Gasteiger partial charge in [-0.1, -0.05) is 12.1 Å². The summed E-state index contributed by atoms with van der Waals surface area (Å²) < 4.78 is 24.5. The van der Waals surface area contributed by atoms with Crippen molar-refractivity contribution in [3.63, 3.8) is 0 Å². The first-order valence-corrected chi connectivity index (χ1v) is 13.2. The molecule has 8 heteroatoms. The zero-order valence-electron chi connectivity index (χ0n) is 21.5. The predicted octanol–water partition coefficient (Wildman–Crippen LogP) is 3.75. The topological polar surface area (TPSA) is 105 Å². The fourth-order valence-electron chi connectivity index (χ4n) is 6.03. The summed E-state index contributed by atoms with van der Waals surface area (Å²) in [5.41, 5.74) is 4.89. The molecule has 0 spiro atoms. The largest absolute Gasteiger partial charge is 0.457 e. The van der Waals surface area contributed by atoms with E-state index in [4.69, 9.17) is 15.2 Å². The van der Waals surface area contributed by atoms with Gasteiger partial charge in [-0.15, -0.1) is 0 Å². The minimum Gasteiger partial charge on any atom is -0.457 e. The number of rotatable bonds is 11. The lowest BCUT2D eigenvalue weighted by molar-refractivity contribution is -0.125. The molecule has 37 heavy (non-hydrogen) atoms. The maximum absolute atomic E-state index is 13.3. The fourth-order valence-corrected chi connectivity index (χ4v) is 6.03. The number of piperidine rings is 1. The van der Waals surface area contributed by atoms with Crippen LogP contribution in [0.2, 0.25) is 0 Å². The van der Waals surface area contributed by atoms with Crippen molar-refractivity contribution in [2.75, 3.05) is 26.8 Å². The summed E-state index contributed by atoms with van der Waals surface area (Å²) in [7, 11) is 1.67. The number of hydrogen-bond donors (Lipinski definition) is 3. The number of carbonyl (C=O) groups is 1. The second kappa shape index (κ2) is 12.0. The Morgan fingerprint density at radius 3 is 2.65 bits per heavy atom. The van der Waals surface area contributed by atoms with Crippen molar-refractivity contribution in [3.8, 4) is 11.5 Å². The van der Waals surface area contributed by atoms with Crippen LogP contribution in [-0.2, 0) is 15.1 Å². The molecule has 202 valence electrons. The highest BCUT2D eigenvalue weighted by Gasteiger charge is 2.50. The van der Waals surface area contributed by atoms with Crippen LogP contribution >= 0.6 is 0 Å². The van der Waals surface area contributed by atoms with Gasteiger partial charge in [0, 0.05) is 38.6 Å². The van der Waals surface area contributed by atoms with Crippen LogP contribution < -0.4 is 10.5 Å². The number of aliphatic hydroxyl groups excluding tert-OH is 1. The molecule has 0 aromatic heterocycles. The molecule has 4 rings (SSSR count). The minimum absolute atomic E-state index is 0.129. The van der Waals surface area contributed by atoms with Gasteiger partial charge in [-0.05, 0) is 87.0 Å². The van der Waals surface area contributed by atoms with Crippen molar-refractivity contribution in [2.24, 2.45) is 11.7 Å². The molecule has 0 unspecified atom stereocenters. The summed E-state index contributed by atoms with van der Waals surface area (Å²) >= 11 is 0. The molecule has 0 amide bonds. The predicted molar refractivity (Wildman–Crippen MR) is 139 cm³/mol. The molecule has 2 aromatic rings. The van der Waals surface area contributed by atoms with Gasteiger partial charge >= 0.3 is 0 Å². The number of nitrogens with two attached hydrogens (primary N) is 1. The number of likely N-dealkylation sites (tertiary alicyclic amines) is 1. The van der Waals surface area contributed by atoms with E-state index in [9.17, 15) is 19.4 Å². The molecule has 0 bridgehead atoms. The highest BCUT2D eigenvalue weighted by molar-refractivity contribution is 5.65. The van der Waals surface area contributed by atoms with Crippen LogP contribution in [-0.4, -0.2) is 65.9 Å². The highest BCUT2D eigenvalue weighted by Crippen LogP contribution is 2.44. The van der Waals surface area contributed by atoms with E-state index in [1.54, 1.807) is 19.2 Å². The van der Waals surface area contributed by atoms with Crippen molar-refractivity contribution in [2.45, 2.75) is 68.2 Å². The van der Waals surface area contributed by atoms with E-state index < -0.39 is 23.3 Å². The second-order valence-electron chi connectivity index (χ2n) is 10.6. The van der Waals surface area contributed by atoms with E-state index in [0.717, 1.165) is 44.1 Å². The molecule has 1 aliphatic carbocycles. The van der Waals surface area contributed by atoms with Gasteiger partial charge in [-0.25, -0.2) is 4.39 Å². The second-order valence-corrected chi connectivity index (χ2v) is 10.6. The maximum atomic E-state index is 13.3. The average Bonchev–Trinajstić information content (AvgIpc) is 3.22. The van der Waals surface area contributed by atoms with Crippen molar-refractivity contribution in [3.05, 3.63) is 59.9 Å². The number of nitrogens with zero attached hydrogens (tertiary/aromatic N) is 1. The molecular weight excluding hydrogens is 475 g/mol. The molecular formula is C29H39FN2O5. The molecule has 1 saturated carbocycles. The van der Waals surface area contributed by atoms with Gasteiger partial charge < -0.3 is 30.2 Å². The number of unbranched alkanes of at least 4 members (excludes halogenated alkanes) is 1. The lowest BCUT2D eigenvalue weighted by atomic mass is 9.73. The van der Waals surface area contributed by atoms with Gasteiger partial charge in [-0.2, -0.15) is 0 Å². The Labute approximate surface area is 218 Å². The van der Waals surface area contributed by atoms with E-state index in [2.05, 4.69) is 4.90 Å². The van der Waals surface area contributed by atoms with Crippen LogP contribution in [0.3, 0.4) is 0 Å². The van der Waals surface area contributed by atoms with Crippen molar-refractivity contribution >= 4 is 6.29 Å². The van der Waals surface area contributed by atoms with E-state index in [1.807, 2.05) is 24.3 Å². The quantitative estimate of drug-likeness (QED) is 0.310. The molecule has 2 aliphatic rings. The molecule has 1 saturated heterocycles. The smallest absolute Gasteiger partial charge is 0.140 e. The van der Waals surface area contributed by atoms with Gasteiger partial charge in [0.15, 0.2) is 0 Å². The van der Waals surface area contributed by atoms with Gasteiger partial charge in [0.25, 0.3) is 0 Å². The van der Waals surface area contributed by atoms with Gasteiger partial charge in [0.2, 0.25) is 0 Å². The van der Waals surface area contributed by atoms with Crippen molar-refractivity contribution in [1.82, 2.24) is 4.90 Å². The van der Waals surface area contributed by atoms with Crippen LogP contribution in [0.5, 0.6) is 11.5 Å². The first kappa shape index (κ1) is 27.7. The third kappa shape index (κ3) is 6.21. The number of benzene rings is 2. The van der Waals surface area contributed by atoms with Crippen LogP contribution in [0, 0.1) is 11.7 Å². The Morgan fingerprint density at radius 2 is 1.97 bits per heavy atom. The first-order chi connectivity index (χ1) is 17.8. The summed E-state index contributed by atoms with van der Waals surface area (Å²) in [6, 6.07) is 12.8. The fraction of sp³-hybridized carbons (Fsp3) is 0.552. The lowest BCUT2D eigenvalue weighted by Crippen LogP contribution is -2.56. The van der Waals surface area contributed by atoms with Gasteiger partial charge in [-0.3, -0.25) is 4.90 Å². The van der Waals surface area contributed by atoms with Gasteiger partial charge in [0.05, 0.1) is 17.2 Å². The Kier molecular flexibility index (Phi) is 8.98.